The molecule has 0 N–H and O–H groups in total. The van der Waals surface area contributed by atoms with Crippen LogP contribution in [-0.4, -0.2) is 98.5 Å². The van der Waals surface area contributed by atoms with Crippen molar-refractivity contribution in [1.29, 1.82) is 0 Å². The number of carbonyl (C=O) groups is 4. The zero-order chi connectivity index (χ0) is 46.5. The minimum atomic E-state index is -0.365. The molecule has 2 aromatic carbocycles. The third-order valence-corrected chi connectivity index (χ3v) is 14.4. The summed E-state index contributed by atoms with van der Waals surface area (Å²) >= 11 is 11.8. The van der Waals surface area contributed by atoms with E-state index in [0.717, 1.165) is 98.1 Å². The number of aromatic nitrogens is 4. The van der Waals surface area contributed by atoms with Crippen LogP contribution in [0.2, 0.25) is 10.0 Å². The Bertz CT molecular complexity index is 2390. The average molecular weight is 939 g/mol. The molecule has 0 radical (unpaired) electrons. The minimum absolute atomic E-state index is 0.0229. The molecular weight excluding hydrogens is 879 g/mol. The summed E-state index contributed by atoms with van der Waals surface area (Å²) < 4.78 is 42.0. The molecule has 0 bridgehead atoms. The maximum Gasteiger partial charge on any atom is 0.320 e. The third-order valence-electron chi connectivity index (χ3n) is 13.9. The van der Waals surface area contributed by atoms with Crippen molar-refractivity contribution < 1.29 is 37.4 Å². The van der Waals surface area contributed by atoms with Gasteiger partial charge in [-0.1, -0.05) is 35.3 Å². The number of aryl methyl sites for hydroxylation is 2. The lowest BCUT2D eigenvalue weighted by atomic mass is 9.80. The lowest BCUT2D eigenvalue weighted by molar-refractivity contribution is -0.147. The fourth-order valence-electron chi connectivity index (χ4n) is 10.0. The predicted octanol–water partition coefficient (Wildman–Crippen LogP) is 8.46. The quantitative estimate of drug-likeness (QED) is 0.153. The topological polar surface area (TPSA) is 132 Å². The molecule has 2 aromatic heterocycles. The van der Waals surface area contributed by atoms with E-state index < -0.39 is 0 Å². The summed E-state index contributed by atoms with van der Waals surface area (Å²) in [5.74, 6) is -0.681. The van der Waals surface area contributed by atoms with Crippen LogP contribution in [0.25, 0.3) is 0 Å². The molecule has 0 spiro atoms. The van der Waals surface area contributed by atoms with Crippen LogP contribution >= 0.6 is 23.2 Å². The van der Waals surface area contributed by atoms with Crippen molar-refractivity contribution in [1.82, 2.24) is 34.3 Å². The van der Waals surface area contributed by atoms with Crippen molar-refractivity contribution in [3.05, 3.63) is 103 Å². The molecule has 2 aliphatic heterocycles. The molecular formula is C48H59Cl2F2N7O6. The number of esters is 2. The van der Waals surface area contributed by atoms with E-state index in [1.165, 1.54) is 26.4 Å². The van der Waals surface area contributed by atoms with Crippen molar-refractivity contribution in [2.24, 2.45) is 17.8 Å². The van der Waals surface area contributed by atoms with Gasteiger partial charge in [-0.15, -0.1) is 0 Å². The van der Waals surface area contributed by atoms with E-state index in [1.54, 1.807) is 28.9 Å². The van der Waals surface area contributed by atoms with Gasteiger partial charge in [0.25, 0.3) is 0 Å². The number of rotatable bonds is 9. The Hall–Kier alpha value is -5.02. The maximum absolute atomic E-state index is 14.4. The van der Waals surface area contributed by atoms with Crippen LogP contribution < -0.4 is 0 Å². The number of hydrogen-bond acceptors (Lipinski definition) is 8. The molecule has 17 heteroatoms. The average Bonchev–Trinajstić information content (AvgIpc) is 3.80. The molecule has 0 atom stereocenters. The molecule has 8 rings (SSSR count). The number of ether oxygens (including phenoxy) is 2. The largest absolute Gasteiger partial charge is 0.469 e. The van der Waals surface area contributed by atoms with Gasteiger partial charge in [0, 0.05) is 53.8 Å². The zero-order valence-electron chi connectivity index (χ0n) is 37.9. The fourth-order valence-corrected chi connectivity index (χ4v) is 10.3. The summed E-state index contributed by atoms with van der Waals surface area (Å²) in [5.41, 5.74) is 7.09. The molecule has 4 heterocycles. The molecule has 13 nitrogen and oxygen atoms in total. The zero-order valence-corrected chi connectivity index (χ0v) is 39.4. The number of carbonyl (C=O) groups excluding carboxylic acids is 4. The van der Waals surface area contributed by atoms with Crippen LogP contribution in [-0.2, 0) is 62.9 Å². The maximum atomic E-state index is 14.4. The molecule has 65 heavy (non-hydrogen) atoms. The number of methoxy groups -OCH3 is 2. The summed E-state index contributed by atoms with van der Waals surface area (Å²) in [6, 6.07) is 9.39. The van der Waals surface area contributed by atoms with Crippen molar-refractivity contribution in [3.8, 4) is 0 Å². The van der Waals surface area contributed by atoms with E-state index in [-0.39, 0.29) is 59.9 Å². The Morgan fingerprint density at radius 3 is 1.60 bits per heavy atom. The van der Waals surface area contributed by atoms with Gasteiger partial charge >= 0.3 is 18.0 Å². The summed E-state index contributed by atoms with van der Waals surface area (Å²) in [6.07, 6.45) is 8.33. The highest BCUT2D eigenvalue weighted by Crippen LogP contribution is 2.34. The van der Waals surface area contributed by atoms with Crippen LogP contribution in [0, 0.1) is 43.2 Å². The van der Waals surface area contributed by atoms with Gasteiger partial charge in [0.15, 0.2) is 0 Å². The summed E-state index contributed by atoms with van der Waals surface area (Å²) in [5, 5.41) is 9.98. The first-order valence-corrected chi connectivity index (χ1v) is 23.3. The number of halogens is 4. The number of hydrogen-bond donors (Lipinski definition) is 0. The predicted molar refractivity (Wildman–Crippen MR) is 241 cm³/mol. The second kappa shape index (κ2) is 21.1. The standard InChI is InChI=1S/C24H30ClFN4O3.C24H29ClFN3O3/c1-15-20-10-11-29(24(32)28(2)19-8-5-16(6-9-19)23(31)33-3)14-22(20)30(27-15)13-17-4-7-18(25)12-21(17)26;1-15-20-9-10-28(23(30)11-16-3-5-17(6-4-16)24(31)32-2)14-22(20)29(27-15)13-18-7-8-19(25)12-21(18)26/h4,7,12,16,19H,5-6,8-11,13-14H2,1-3H3;7-8,12,16-17H,3-6,9-11,13-14H2,1-2H3. The first-order valence-electron chi connectivity index (χ1n) is 22.6. The van der Waals surface area contributed by atoms with E-state index in [2.05, 4.69) is 10.2 Å². The van der Waals surface area contributed by atoms with Crippen LogP contribution in [0.3, 0.4) is 0 Å². The van der Waals surface area contributed by atoms with Gasteiger partial charge in [0.2, 0.25) is 5.91 Å². The van der Waals surface area contributed by atoms with Gasteiger partial charge in [0.05, 0.1) is 75.0 Å². The van der Waals surface area contributed by atoms with E-state index in [9.17, 15) is 28.0 Å². The molecule has 0 saturated heterocycles. The second-order valence-electron chi connectivity index (χ2n) is 17.9. The lowest BCUT2D eigenvalue weighted by Gasteiger charge is -2.38. The van der Waals surface area contributed by atoms with Gasteiger partial charge in [-0.25, -0.2) is 13.6 Å². The van der Waals surface area contributed by atoms with Crippen LogP contribution in [0.1, 0.15) is 103 Å². The van der Waals surface area contributed by atoms with Gasteiger partial charge in [-0.05, 0) is 119 Å². The van der Waals surface area contributed by atoms with Crippen LogP contribution in [0.15, 0.2) is 36.4 Å². The Kier molecular flexibility index (Phi) is 15.5. The minimum Gasteiger partial charge on any atom is -0.469 e. The van der Waals surface area contributed by atoms with Gasteiger partial charge < -0.3 is 24.2 Å². The molecule has 3 amide bonds. The molecule has 0 unspecified atom stereocenters. The number of fused-ring (bicyclic) bond motifs is 2. The Labute approximate surface area is 389 Å². The van der Waals surface area contributed by atoms with Gasteiger partial charge in [0.1, 0.15) is 11.6 Å². The Balaban J connectivity index is 0.000000194. The monoisotopic (exact) mass is 937 g/mol. The first kappa shape index (κ1) is 47.9. The fraction of sp³-hybridized carbons (Fsp3) is 0.542. The normalized spacial score (nSPS) is 20.5. The van der Waals surface area contributed by atoms with E-state index >= 15 is 0 Å². The highest BCUT2D eigenvalue weighted by atomic mass is 35.5. The number of amides is 3. The summed E-state index contributed by atoms with van der Waals surface area (Å²) in [7, 11) is 4.69. The van der Waals surface area contributed by atoms with Crippen molar-refractivity contribution >= 4 is 47.1 Å². The number of benzene rings is 2. The third kappa shape index (κ3) is 11.2. The van der Waals surface area contributed by atoms with Crippen molar-refractivity contribution in [3.63, 3.8) is 0 Å². The molecule has 4 aliphatic rings. The molecule has 2 aliphatic carbocycles. The highest BCUT2D eigenvalue weighted by molar-refractivity contribution is 6.30. The Morgan fingerprint density at radius 2 is 1.14 bits per heavy atom. The van der Waals surface area contributed by atoms with Crippen molar-refractivity contribution in [2.45, 2.75) is 117 Å². The first-order chi connectivity index (χ1) is 31.1. The van der Waals surface area contributed by atoms with Crippen molar-refractivity contribution in [2.75, 3.05) is 34.4 Å². The van der Waals surface area contributed by atoms with Crippen LogP contribution in [0.5, 0.6) is 0 Å². The highest BCUT2D eigenvalue weighted by Gasteiger charge is 2.35. The van der Waals surface area contributed by atoms with Gasteiger partial charge in [-0.2, -0.15) is 10.2 Å². The van der Waals surface area contributed by atoms with E-state index in [4.69, 9.17) is 32.7 Å². The SMILES string of the molecule is COC(=O)C1CCC(CC(=O)N2CCc3c(C)nn(Cc4ccc(Cl)cc4F)c3C2)CC1.COC(=O)C1CCC(N(C)C(=O)N2CCc3c(C)nn(Cc4ccc(Cl)cc4F)c3C2)CC1. The molecule has 4 aromatic rings. The van der Waals surface area contributed by atoms with Crippen LogP contribution in [0.4, 0.5) is 13.6 Å². The number of nitrogens with zero attached hydrogens (tertiary/aromatic N) is 7. The number of urea groups is 1. The van der Waals surface area contributed by atoms with E-state index in [0.29, 0.717) is 66.2 Å². The Morgan fingerprint density at radius 1 is 0.692 bits per heavy atom. The lowest BCUT2D eigenvalue weighted by Crippen LogP contribution is -2.49. The molecule has 2 saturated carbocycles. The van der Waals surface area contributed by atoms with Gasteiger partial charge in [-0.3, -0.25) is 23.7 Å². The molecule has 2 fully saturated rings. The smallest absolute Gasteiger partial charge is 0.320 e. The summed E-state index contributed by atoms with van der Waals surface area (Å²) in [4.78, 5) is 55.4. The second-order valence-corrected chi connectivity index (χ2v) is 18.8. The summed E-state index contributed by atoms with van der Waals surface area (Å²) in [6.45, 7) is 6.73. The van der Waals surface area contributed by atoms with E-state index in [1.807, 2.05) is 40.3 Å². The molecule has 350 valence electrons.